The van der Waals surface area contributed by atoms with E-state index in [9.17, 15) is 14.1 Å². The van der Waals surface area contributed by atoms with Gasteiger partial charge in [-0.05, 0) is 25.0 Å². The third-order valence-electron chi connectivity index (χ3n) is 2.91. The van der Waals surface area contributed by atoms with Crippen LogP contribution in [0.1, 0.15) is 25.0 Å². The number of cyclic esters (lactones) is 1. The Kier molecular flexibility index (Phi) is 3.47. The molecular weight excluding hydrogens is 268 g/mol. The van der Waals surface area contributed by atoms with Crippen molar-refractivity contribution in [2.45, 2.75) is 25.2 Å². The Labute approximate surface area is 113 Å². The van der Waals surface area contributed by atoms with E-state index in [-0.39, 0.29) is 11.5 Å². The fourth-order valence-corrected chi connectivity index (χ4v) is 2.59. The molecule has 1 aromatic carbocycles. The van der Waals surface area contributed by atoms with Gasteiger partial charge in [0.1, 0.15) is 5.60 Å². The molecule has 0 saturated carbocycles. The molecule has 2 rings (SSSR count). The average molecular weight is 282 g/mol. The normalized spacial score (nSPS) is 19.4. The molecule has 1 atom stereocenters. The summed E-state index contributed by atoms with van der Waals surface area (Å²) in [4.78, 5) is 11.4. The van der Waals surface area contributed by atoms with E-state index in [0.29, 0.717) is 16.7 Å². The van der Waals surface area contributed by atoms with Gasteiger partial charge < -0.3 is 14.4 Å². The SMILES string of the molecule is CC1(C)OC(=O)C(O)=C1c1ccc(CS(=O)O)cc1. The van der Waals surface area contributed by atoms with Gasteiger partial charge in [-0.15, -0.1) is 0 Å². The predicted octanol–water partition coefficient (Wildman–Crippen LogP) is 2.01. The summed E-state index contributed by atoms with van der Waals surface area (Å²) >= 11 is -1.89. The van der Waals surface area contributed by atoms with E-state index < -0.39 is 22.7 Å². The van der Waals surface area contributed by atoms with Crippen molar-refractivity contribution in [3.8, 4) is 0 Å². The van der Waals surface area contributed by atoms with Crippen LogP contribution in [0.5, 0.6) is 0 Å². The lowest BCUT2D eigenvalue weighted by atomic mass is 9.91. The molecule has 19 heavy (non-hydrogen) atoms. The van der Waals surface area contributed by atoms with Crippen molar-refractivity contribution in [1.29, 1.82) is 0 Å². The van der Waals surface area contributed by atoms with E-state index in [1.54, 1.807) is 38.1 Å². The number of carbonyl (C=O) groups excluding carboxylic acids is 1. The second kappa shape index (κ2) is 4.79. The Hall–Kier alpha value is -1.66. The van der Waals surface area contributed by atoms with Gasteiger partial charge in [-0.25, -0.2) is 9.00 Å². The summed E-state index contributed by atoms with van der Waals surface area (Å²) in [5.74, 6) is -1.08. The van der Waals surface area contributed by atoms with Gasteiger partial charge in [0.15, 0.2) is 11.1 Å². The van der Waals surface area contributed by atoms with E-state index in [0.717, 1.165) is 0 Å². The molecule has 0 radical (unpaired) electrons. The van der Waals surface area contributed by atoms with E-state index in [1.165, 1.54) is 0 Å². The lowest BCUT2D eigenvalue weighted by molar-refractivity contribution is -0.146. The molecule has 1 unspecified atom stereocenters. The van der Waals surface area contributed by atoms with Crippen LogP contribution in [0.2, 0.25) is 0 Å². The minimum Gasteiger partial charge on any atom is -0.502 e. The molecule has 0 spiro atoms. The number of hydrogen-bond acceptors (Lipinski definition) is 4. The topological polar surface area (TPSA) is 83.8 Å². The highest BCUT2D eigenvalue weighted by molar-refractivity contribution is 7.78. The highest BCUT2D eigenvalue weighted by atomic mass is 32.2. The Bertz CT molecular complexity index is 571. The van der Waals surface area contributed by atoms with Crippen LogP contribution in [0.4, 0.5) is 0 Å². The first-order valence-corrected chi connectivity index (χ1v) is 6.92. The third-order valence-corrected chi connectivity index (χ3v) is 3.49. The van der Waals surface area contributed by atoms with Gasteiger partial charge in [-0.3, -0.25) is 0 Å². The average Bonchev–Trinajstić information content (AvgIpc) is 2.49. The van der Waals surface area contributed by atoms with Crippen LogP contribution in [-0.4, -0.2) is 25.4 Å². The lowest BCUT2D eigenvalue weighted by Crippen LogP contribution is -2.22. The molecule has 0 aromatic heterocycles. The number of aliphatic hydroxyl groups is 1. The van der Waals surface area contributed by atoms with Crippen molar-refractivity contribution in [1.82, 2.24) is 0 Å². The lowest BCUT2D eigenvalue weighted by Gasteiger charge is -2.20. The second-order valence-electron chi connectivity index (χ2n) is 4.79. The van der Waals surface area contributed by atoms with Crippen LogP contribution in [-0.2, 0) is 26.4 Å². The molecule has 0 aliphatic carbocycles. The van der Waals surface area contributed by atoms with Crippen LogP contribution in [0, 0.1) is 0 Å². The van der Waals surface area contributed by atoms with Crippen molar-refractivity contribution in [3.05, 3.63) is 41.2 Å². The van der Waals surface area contributed by atoms with Gasteiger partial charge in [0.2, 0.25) is 5.76 Å². The molecule has 0 bridgehead atoms. The van der Waals surface area contributed by atoms with Crippen molar-refractivity contribution in [2.24, 2.45) is 0 Å². The van der Waals surface area contributed by atoms with Crippen molar-refractivity contribution in [2.75, 3.05) is 0 Å². The zero-order chi connectivity index (χ0) is 14.2. The summed E-state index contributed by atoms with van der Waals surface area (Å²) in [5, 5.41) is 9.78. The van der Waals surface area contributed by atoms with Crippen LogP contribution in [0.25, 0.3) is 5.57 Å². The zero-order valence-electron chi connectivity index (χ0n) is 10.5. The van der Waals surface area contributed by atoms with Crippen LogP contribution in [0.3, 0.4) is 0 Å². The van der Waals surface area contributed by atoms with Crippen LogP contribution < -0.4 is 0 Å². The highest BCUT2D eigenvalue weighted by Gasteiger charge is 2.41. The van der Waals surface area contributed by atoms with Crippen molar-refractivity contribution < 1.29 is 23.4 Å². The highest BCUT2D eigenvalue weighted by Crippen LogP contribution is 2.38. The number of carbonyl (C=O) groups is 1. The number of benzene rings is 1. The Morgan fingerprint density at radius 1 is 1.26 bits per heavy atom. The molecule has 1 aromatic rings. The van der Waals surface area contributed by atoms with E-state index in [1.807, 2.05) is 0 Å². The van der Waals surface area contributed by atoms with Gasteiger partial charge in [0.05, 0.1) is 11.3 Å². The fraction of sp³-hybridized carbons (Fsp3) is 0.308. The van der Waals surface area contributed by atoms with E-state index >= 15 is 0 Å². The standard InChI is InChI=1S/C13H14O5S/c1-13(2)10(11(14)12(15)18-13)9-5-3-8(4-6-9)7-19(16)17/h3-6,14H,7H2,1-2H3,(H,16,17). The summed E-state index contributed by atoms with van der Waals surface area (Å²) in [5.41, 5.74) is 0.894. The molecule has 2 N–H and O–H groups in total. The first-order chi connectivity index (χ1) is 8.81. The molecule has 0 fully saturated rings. The first-order valence-electron chi connectivity index (χ1n) is 5.65. The van der Waals surface area contributed by atoms with Gasteiger partial charge in [-0.2, -0.15) is 0 Å². The fourth-order valence-electron chi connectivity index (χ4n) is 2.11. The molecular formula is C13H14O5S. The quantitative estimate of drug-likeness (QED) is 0.654. The smallest absolute Gasteiger partial charge is 0.374 e. The number of aliphatic hydroxyl groups excluding tert-OH is 1. The Morgan fingerprint density at radius 3 is 2.26 bits per heavy atom. The predicted molar refractivity (Wildman–Crippen MR) is 70.6 cm³/mol. The number of esters is 1. The van der Waals surface area contributed by atoms with Crippen molar-refractivity contribution in [3.63, 3.8) is 0 Å². The monoisotopic (exact) mass is 282 g/mol. The van der Waals surface area contributed by atoms with Crippen LogP contribution >= 0.6 is 0 Å². The maximum absolute atomic E-state index is 11.4. The molecule has 1 heterocycles. The Balaban J connectivity index is 2.37. The molecule has 102 valence electrons. The summed E-state index contributed by atoms with van der Waals surface area (Å²) in [6.07, 6.45) is 0. The molecule has 1 aliphatic heterocycles. The minimum absolute atomic E-state index is 0.0458. The molecule has 5 nitrogen and oxygen atoms in total. The Morgan fingerprint density at radius 2 is 1.84 bits per heavy atom. The van der Waals surface area contributed by atoms with Gasteiger partial charge in [0.25, 0.3) is 0 Å². The number of rotatable bonds is 3. The minimum atomic E-state index is -1.89. The zero-order valence-corrected chi connectivity index (χ0v) is 11.4. The van der Waals surface area contributed by atoms with Gasteiger partial charge in [-0.1, -0.05) is 24.3 Å². The summed E-state index contributed by atoms with van der Waals surface area (Å²) in [6.45, 7) is 3.39. The van der Waals surface area contributed by atoms with E-state index in [4.69, 9.17) is 9.29 Å². The van der Waals surface area contributed by atoms with Crippen LogP contribution in [0.15, 0.2) is 30.0 Å². The first kappa shape index (κ1) is 13.8. The van der Waals surface area contributed by atoms with Gasteiger partial charge >= 0.3 is 5.97 Å². The van der Waals surface area contributed by atoms with Crippen molar-refractivity contribution >= 4 is 22.6 Å². The maximum atomic E-state index is 11.4. The molecule has 0 amide bonds. The molecule has 0 saturated heterocycles. The number of ether oxygens (including phenoxy) is 1. The summed E-state index contributed by atoms with van der Waals surface area (Å²) in [7, 11) is 0. The van der Waals surface area contributed by atoms with E-state index in [2.05, 4.69) is 0 Å². The second-order valence-corrected chi connectivity index (χ2v) is 5.72. The number of hydrogen-bond donors (Lipinski definition) is 2. The molecule has 1 aliphatic rings. The molecule has 6 heteroatoms. The third kappa shape index (κ3) is 2.69. The van der Waals surface area contributed by atoms with Gasteiger partial charge in [0, 0.05) is 0 Å². The summed E-state index contributed by atoms with van der Waals surface area (Å²) in [6, 6.07) is 6.75. The summed E-state index contributed by atoms with van der Waals surface area (Å²) < 4.78 is 24.6. The maximum Gasteiger partial charge on any atom is 0.374 e. The largest absolute Gasteiger partial charge is 0.502 e.